The molecule has 1 N–H and O–H groups in total. The first kappa shape index (κ1) is 12.3. The van der Waals surface area contributed by atoms with Crippen LogP contribution in [-0.4, -0.2) is 30.7 Å². The Kier molecular flexibility index (Phi) is 4.08. The molecule has 0 aromatic heterocycles. The molecule has 0 aliphatic carbocycles. The molecule has 0 bridgehead atoms. The number of fused-ring (bicyclic) bond motifs is 1. The number of ketones is 1. The number of aromatic hydroxyl groups is 1. The third-order valence-electron chi connectivity index (χ3n) is 2.20. The van der Waals surface area contributed by atoms with Crippen molar-refractivity contribution in [1.29, 1.82) is 0 Å². The van der Waals surface area contributed by atoms with E-state index in [1.807, 2.05) is 0 Å². The molecule has 1 aromatic carbocycles. The van der Waals surface area contributed by atoms with Gasteiger partial charge in [0.25, 0.3) is 0 Å². The lowest BCUT2D eigenvalue weighted by atomic mass is 10.0. The van der Waals surface area contributed by atoms with E-state index >= 15 is 0 Å². The van der Waals surface area contributed by atoms with E-state index in [9.17, 15) is 9.90 Å². The summed E-state index contributed by atoms with van der Waals surface area (Å²) in [5.41, 5.74) is 0.459. The van der Waals surface area contributed by atoms with Gasteiger partial charge < -0.3 is 14.6 Å². The lowest BCUT2D eigenvalue weighted by Gasteiger charge is -2.22. The number of methoxy groups -OCH3 is 1. The molecule has 86 valence electrons. The molecule has 1 heterocycles. The van der Waals surface area contributed by atoms with Gasteiger partial charge in [0, 0.05) is 13.2 Å². The Morgan fingerprint density at radius 3 is 2.81 bits per heavy atom. The Morgan fingerprint density at radius 2 is 2.19 bits per heavy atom. The number of Topliss-reactive ketones (excluding diaryl/α,β-unsaturated/α-hetero) is 1. The van der Waals surface area contributed by atoms with Gasteiger partial charge in [-0.2, -0.15) is 0 Å². The summed E-state index contributed by atoms with van der Waals surface area (Å²) in [5.74, 6) is 0.407. The van der Waals surface area contributed by atoms with Gasteiger partial charge in [0.05, 0.1) is 5.56 Å². The first-order valence-electron chi connectivity index (χ1n) is 4.75. The zero-order valence-corrected chi connectivity index (χ0v) is 9.10. The highest BCUT2D eigenvalue weighted by Crippen LogP contribution is 2.29. The second-order valence-corrected chi connectivity index (χ2v) is 3.08. The van der Waals surface area contributed by atoms with Gasteiger partial charge in [-0.3, -0.25) is 4.79 Å². The van der Waals surface area contributed by atoms with Crippen molar-refractivity contribution in [2.24, 2.45) is 0 Å². The topological polar surface area (TPSA) is 55.8 Å². The van der Waals surface area contributed by atoms with E-state index in [1.54, 1.807) is 0 Å². The van der Waals surface area contributed by atoms with Crippen molar-refractivity contribution in [1.82, 2.24) is 0 Å². The molecule has 1 unspecified atom stereocenters. The van der Waals surface area contributed by atoms with Crippen molar-refractivity contribution in [2.75, 3.05) is 13.7 Å². The van der Waals surface area contributed by atoms with Crippen molar-refractivity contribution < 1.29 is 19.4 Å². The smallest absolute Gasteiger partial charge is 0.198 e. The fraction of sp³-hybridized carbons (Fsp3) is 0.250. The van der Waals surface area contributed by atoms with Gasteiger partial charge in [-0.1, -0.05) is 0 Å². The molecule has 16 heavy (non-hydrogen) atoms. The van der Waals surface area contributed by atoms with Crippen LogP contribution in [0.25, 0.3) is 0 Å². The monoisotopic (exact) mass is 222 g/mol. The van der Waals surface area contributed by atoms with E-state index < -0.39 is 6.10 Å². The van der Waals surface area contributed by atoms with Crippen LogP contribution in [0.2, 0.25) is 0 Å². The van der Waals surface area contributed by atoms with E-state index in [2.05, 4.69) is 13.2 Å². The molecule has 0 fully saturated rings. The van der Waals surface area contributed by atoms with Crippen LogP contribution in [-0.2, 0) is 4.74 Å². The maximum absolute atomic E-state index is 11.7. The predicted octanol–water partition coefficient (Wildman–Crippen LogP) is 1.78. The summed E-state index contributed by atoms with van der Waals surface area (Å²) in [5, 5.41) is 9.18. The summed E-state index contributed by atoms with van der Waals surface area (Å²) in [6.45, 7) is 6.20. The molecule has 1 aliphatic heterocycles. The van der Waals surface area contributed by atoms with Gasteiger partial charge in [0.15, 0.2) is 11.9 Å². The lowest BCUT2D eigenvalue weighted by Crippen LogP contribution is -2.34. The fourth-order valence-corrected chi connectivity index (χ4v) is 1.42. The Hall–Kier alpha value is -1.81. The molecule has 2 rings (SSSR count). The van der Waals surface area contributed by atoms with Gasteiger partial charge in [-0.25, -0.2) is 0 Å². The Morgan fingerprint density at radius 1 is 1.50 bits per heavy atom. The molecule has 0 saturated heterocycles. The molecular formula is C12H14O4. The molecule has 0 saturated carbocycles. The molecule has 0 spiro atoms. The second-order valence-electron chi connectivity index (χ2n) is 3.08. The second kappa shape index (κ2) is 5.32. The largest absolute Gasteiger partial charge is 0.508 e. The number of carbonyl (C=O) groups excluding carboxylic acids is 1. The van der Waals surface area contributed by atoms with Crippen LogP contribution in [0.15, 0.2) is 31.4 Å². The highest BCUT2D eigenvalue weighted by Gasteiger charge is 2.28. The molecule has 1 atom stereocenters. The van der Waals surface area contributed by atoms with E-state index in [4.69, 9.17) is 9.47 Å². The van der Waals surface area contributed by atoms with Crippen molar-refractivity contribution in [3.8, 4) is 11.5 Å². The third-order valence-corrected chi connectivity index (χ3v) is 2.20. The Bertz CT molecular complexity index is 387. The van der Waals surface area contributed by atoms with Crippen LogP contribution >= 0.6 is 0 Å². The minimum atomic E-state index is -0.535. The number of hydrogen-bond acceptors (Lipinski definition) is 4. The Labute approximate surface area is 94.1 Å². The van der Waals surface area contributed by atoms with Crippen molar-refractivity contribution >= 4 is 5.78 Å². The summed E-state index contributed by atoms with van der Waals surface area (Å²) in [6.07, 6.45) is -0.535. The lowest BCUT2D eigenvalue weighted by molar-refractivity contribution is 0.0367. The van der Waals surface area contributed by atoms with Gasteiger partial charge >= 0.3 is 0 Å². The predicted molar refractivity (Wildman–Crippen MR) is 60.0 cm³/mol. The summed E-state index contributed by atoms with van der Waals surface area (Å²) < 4.78 is 10.2. The number of benzene rings is 1. The molecule has 0 amide bonds. The minimum absolute atomic E-state index is 0.0902. The fourth-order valence-electron chi connectivity index (χ4n) is 1.42. The third kappa shape index (κ3) is 2.23. The van der Waals surface area contributed by atoms with Crippen molar-refractivity contribution in [2.45, 2.75) is 6.10 Å². The highest BCUT2D eigenvalue weighted by atomic mass is 16.5. The van der Waals surface area contributed by atoms with Gasteiger partial charge in [0.2, 0.25) is 0 Å². The molecule has 1 aromatic rings. The number of hydrogen-bond donors (Lipinski definition) is 1. The zero-order chi connectivity index (χ0) is 12.1. The van der Waals surface area contributed by atoms with Crippen LogP contribution in [0, 0.1) is 0 Å². The van der Waals surface area contributed by atoms with Crippen LogP contribution in [0.3, 0.4) is 0 Å². The SMILES string of the molecule is C=C.COC1COc2cc(O)ccc2C1=O. The molecule has 1 aliphatic rings. The highest BCUT2D eigenvalue weighted by molar-refractivity contribution is 6.03. The van der Waals surface area contributed by atoms with Gasteiger partial charge in [-0.15, -0.1) is 13.2 Å². The van der Waals surface area contributed by atoms with E-state index in [0.717, 1.165) is 0 Å². The first-order valence-corrected chi connectivity index (χ1v) is 4.75. The molecule has 4 heteroatoms. The van der Waals surface area contributed by atoms with Crippen LogP contribution in [0.4, 0.5) is 0 Å². The summed E-state index contributed by atoms with van der Waals surface area (Å²) >= 11 is 0. The van der Waals surface area contributed by atoms with Crippen LogP contribution in [0.1, 0.15) is 10.4 Å². The normalized spacial score (nSPS) is 17.8. The number of carbonyl (C=O) groups is 1. The number of phenols is 1. The zero-order valence-electron chi connectivity index (χ0n) is 9.10. The van der Waals surface area contributed by atoms with Crippen molar-refractivity contribution in [3.05, 3.63) is 36.9 Å². The summed E-state index contributed by atoms with van der Waals surface area (Å²) in [6, 6.07) is 4.43. The standard InChI is InChI=1S/C10H10O4.C2H4/c1-13-9-5-14-8-4-6(11)2-3-7(8)10(9)12;1-2/h2-4,9,11H,5H2,1H3;1-2H2. The number of ether oxygens (including phenoxy) is 2. The maximum Gasteiger partial charge on any atom is 0.198 e. The number of phenolic OH excluding ortho intramolecular Hbond substituents is 1. The Balaban J connectivity index is 0.000000606. The molecule has 0 radical (unpaired) electrons. The van der Waals surface area contributed by atoms with Crippen LogP contribution in [0.5, 0.6) is 11.5 Å². The van der Waals surface area contributed by atoms with Crippen molar-refractivity contribution in [3.63, 3.8) is 0 Å². The molecule has 4 nitrogen and oxygen atoms in total. The minimum Gasteiger partial charge on any atom is -0.508 e. The summed E-state index contributed by atoms with van der Waals surface area (Å²) in [7, 11) is 1.47. The average molecular weight is 222 g/mol. The summed E-state index contributed by atoms with van der Waals surface area (Å²) in [4.78, 5) is 11.7. The van der Waals surface area contributed by atoms with Gasteiger partial charge in [-0.05, 0) is 12.1 Å². The maximum atomic E-state index is 11.7. The van der Waals surface area contributed by atoms with E-state index in [1.165, 1.54) is 25.3 Å². The first-order chi connectivity index (χ1) is 7.72. The molecular weight excluding hydrogens is 208 g/mol. The van der Waals surface area contributed by atoms with Gasteiger partial charge in [0.1, 0.15) is 18.1 Å². The number of rotatable bonds is 1. The quantitative estimate of drug-likeness (QED) is 0.736. The average Bonchev–Trinajstić information content (AvgIpc) is 2.32. The van der Waals surface area contributed by atoms with E-state index in [-0.39, 0.29) is 18.1 Å². The van der Waals surface area contributed by atoms with E-state index in [0.29, 0.717) is 11.3 Å². The van der Waals surface area contributed by atoms with Crippen LogP contribution < -0.4 is 4.74 Å².